The zero-order valence-corrected chi connectivity index (χ0v) is 27.0. The number of hydrogen-bond acceptors (Lipinski definition) is 7. The van der Waals surface area contributed by atoms with E-state index in [9.17, 15) is 14.4 Å². The average molecular weight is 661 g/mol. The number of nitrogens with one attached hydrogen (secondary N) is 2. The fraction of sp³-hybridized carbons (Fsp3) is 0.394. The molecular weight excluding hydrogens is 624 g/mol. The van der Waals surface area contributed by atoms with Gasteiger partial charge in [-0.25, -0.2) is 9.59 Å². The monoisotopic (exact) mass is 660 g/mol. The van der Waals surface area contributed by atoms with E-state index in [1.807, 2.05) is 22.4 Å². The molecule has 11 nitrogen and oxygen atoms in total. The lowest BCUT2D eigenvalue weighted by atomic mass is 10.0. The fourth-order valence-electron chi connectivity index (χ4n) is 6.43. The number of benzene rings is 1. The molecule has 3 aromatic rings. The number of halogens is 1. The number of pyridine rings is 1. The minimum atomic E-state index is -0.835. The van der Waals surface area contributed by atoms with E-state index in [0.29, 0.717) is 80.5 Å². The minimum Gasteiger partial charge on any atom is -0.397 e. The number of nitrogens with two attached hydrogens (primary N) is 1. The maximum atomic E-state index is 14.0. The molecule has 0 radical (unpaired) electrons. The Bertz CT molecular complexity index is 1630. The quantitative estimate of drug-likeness (QED) is 0.272. The van der Waals surface area contributed by atoms with Gasteiger partial charge in [0.05, 0.1) is 16.4 Å². The minimum absolute atomic E-state index is 0.0324. The zero-order chi connectivity index (χ0) is 32.2. The Morgan fingerprint density at radius 1 is 1.09 bits per heavy atom. The van der Waals surface area contributed by atoms with Gasteiger partial charge in [-0.3, -0.25) is 9.78 Å². The normalized spacial score (nSPS) is 17.9. The second-order valence-corrected chi connectivity index (χ2v) is 13.0. The highest BCUT2D eigenvalue weighted by Gasteiger charge is 2.34. The highest BCUT2D eigenvalue weighted by molar-refractivity contribution is 7.08. The Labute approximate surface area is 277 Å². The van der Waals surface area contributed by atoms with Crippen LogP contribution >= 0.6 is 22.9 Å². The number of rotatable bonds is 6. The maximum absolute atomic E-state index is 14.0. The Morgan fingerprint density at radius 3 is 2.54 bits per heavy atom. The van der Waals surface area contributed by atoms with Gasteiger partial charge in [0, 0.05) is 87.3 Å². The number of thiophene rings is 1. The molecule has 6 rings (SSSR count). The molecule has 0 unspecified atom stereocenters. The number of carbonyl (C=O) groups excluding carboxylic acids is 3. The molecule has 4 N–H and O–H groups in total. The van der Waals surface area contributed by atoms with Gasteiger partial charge >= 0.3 is 12.1 Å². The van der Waals surface area contributed by atoms with Crippen molar-refractivity contribution >= 4 is 58.0 Å². The van der Waals surface area contributed by atoms with Crippen LogP contribution in [0, 0.1) is 12.3 Å². The fourth-order valence-corrected chi connectivity index (χ4v) is 7.50. The summed E-state index contributed by atoms with van der Waals surface area (Å²) >= 11 is 7.96. The zero-order valence-electron chi connectivity index (χ0n) is 25.5. The van der Waals surface area contributed by atoms with Crippen LogP contribution in [0.4, 0.5) is 26.7 Å². The highest BCUT2D eigenvalue weighted by Crippen LogP contribution is 2.28. The molecule has 2 saturated heterocycles. The summed E-state index contributed by atoms with van der Waals surface area (Å²) in [4.78, 5) is 52.3. The van der Waals surface area contributed by atoms with E-state index < -0.39 is 6.04 Å². The molecule has 1 atom stereocenters. The molecule has 1 aromatic carbocycles. The molecule has 0 spiro atoms. The Hall–Kier alpha value is -4.47. The van der Waals surface area contributed by atoms with Gasteiger partial charge in [0.2, 0.25) is 5.91 Å². The van der Waals surface area contributed by atoms with E-state index in [2.05, 4.69) is 31.8 Å². The second kappa shape index (κ2) is 13.9. The number of anilines is 3. The van der Waals surface area contributed by atoms with Gasteiger partial charge in [0.15, 0.2) is 0 Å². The number of nitrogens with zero attached hydrogens (tertiary/aromatic N) is 5. The average Bonchev–Trinajstić information content (AvgIpc) is 3.46. The van der Waals surface area contributed by atoms with Crippen LogP contribution in [0.25, 0.3) is 0 Å². The Morgan fingerprint density at radius 2 is 1.83 bits per heavy atom. The molecule has 5 amide bonds. The third-order valence-corrected chi connectivity index (χ3v) is 10.2. The number of aromatic nitrogens is 1. The van der Waals surface area contributed by atoms with Crippen LogP contribution in [-0.4, -0.2) is 95.6 Å². The van der Waals surface area contributed by atoms with E-state index in [0.717, 1.165) is 23.4 Å². The number of fused-ring (bicyclic) bond motifs is 1. The second-order valence-electron chi connectivity index (χ2n) is 11.8. The van der Waals surface area contributed by atoms with Crippen LogP contribution in [0.1, 0.15) is 29.5 Å². The van der Waals surface area contributed by atoms with Gasteiger partial charge in [-0.05, 0) is 60.0 Å². The van der Waals surface area contributed by atoms with Gasteiger partial charge in [-0.2, -0.15) is 0 Å². The lowest BCUT2D eigenvalue weighted by Crippen LogP contribution is -2.58. The molecule has 46 heavy (non-hydrogen) atoms. The standard InChI is InChI=1S/C33H37ClN8O3S/c1-2-23-17-22(18-27(34)30(23)35)19-28(31(43)40-15-13-39(14-16-40)25-3-8-36-9-4-25)37-32(44)41-10-6-26(7-11-41)42-12-5-24-20-46-21-29(24)38-33(42)45/h1,3-4,8-9,17-18,20-21,26,28H,5-7,10-16,19,35H2,(H,37,44)(H,38,45)/t28-/m1/s1. The van der Waals surface area contributed by atoms with Crippen LogP contribution in [0.2, 0.25) is 5.02 Å². The maximum Gasteiger partial charge on any atom is 0.322 e. The van der Waals surface area contributed by atoms with Gasteiger partial charge in [0.1, 0.15) is 6.04 Å². The molecule has 2 aromatic heterocycles. The van der Waals surface area contributed by atoms with E-state index in [4.69, 9.17) is 23.8 Å². The van der Waals surface area contributed by atoms with Crippen LogP contribution in [-0.2, 0) is 17.6 Å². The van der Waals surface area contributed by atoms with Crippen molar-refractivity contribution in [1.82, 2.24) is 25.0 Å². The summed E-state index contributed by atoms with van der Waals surface area (Å²) in [7, 11) is 0. The number of likely N-dealkylation sites (tertiary alicyclic amines) is 1. The summed E-state index contributed by atoms with van der Waals surface area (Å²) in [5.41, 5.74) is 10.6. The summed E-state index contributed by atoms with van der Waals surface area (Å²) in [6.07, 6.45) is 11.5. The molecule has 3 aliphatic heterocycles. The number of piperidine rings is 1. The number of urea groups is 2. The van der Waals surface area contributed by atoms with Gasteiger partial charge in [-0.1, -0.05) is 17.5 Å². The number of carbonyl (C=O) groups is 3. The van der Waals surface area contributed by atoms with Crippen molar-refractivity contribution in [3.63, 3.8) is 0 Å². The van der Waals surface area contributed by atoms with Gasteiger partial charge < -0.3 is 36.0 Å². The van der Waals surface area contributed by atoms with Crippen LogP contribution in [0.5, 0.6) is 0 Å². The molecule has 0 aliphatic carbocycles. The van der Waals surface area contributed by atoms with Crippen molar-refractivity contribution in [3.05, 3.63) is 69.1 Å². The Kier molecular flexibility index (Phi) is 9.51. The molecule has 13 heteroatoms. The number of piperazine rings is 1. The number of terminal acetylenes is 1. The van der Waals surface area contributed by atoms with Crippen molar-refractivity contribution in [1.29, 1.82) is 0 Å². The van der Waals surface area contributed by atoms with E-state index in [1.165, 1.54) is 0 Å². The summed E-state index contributed by atoms with van der Waals surface area (Å²) in [6, 6.07) is 6.14. The van der Waals surface area contributed by atoms with Crippen molar-refractivity contribution < 1.29 is 14.4 Å². The summed E-state index contributed by atoms with van der Waals surface area (Å²) in [6.45, 7) is 3.95. The van der Waals surface area contributed by atoms with Crippen LogP contribution in [0.3, 0.4) is 0 Å². The number of amides is 5. The third-order valence-electron chi connectivity index (χ3n) is 9.06. The SMILES string of the molecule is C#Cc1cc(C[C@@H](NC(=O)N2CCC(N3CCc4cscc4NC3=O)CC2)C(=O)N2CCN(c3ccncc3)CC2)cc(Cl)c1N. The predicted octanol–water partition coefficient (Wildman–Crippen LogP) is 3.88. The first kappa shape index (κ1) is 31.5. The first-order valence-electron chi connectivity index (χ1n) is 15.5. The van der Waals surface area contributed by atoms with Gasteiger partial charge in [0.25, 0.3) is 0 Å². The molecule has 0 bridgehead atoms. The molecule has 5 heterocycles. The Balaban J connectivity index is 1.11. The molecule has 2 fully saturated rings. The number of nitrogen functional groups attached to an aromatic ring is 1. The predicted molar refractivity (Wildman–Crippen MR) is 181 cm³/mol. The molecule has 0 saturated carbocycles. The van der Waals surface area contributed by atoms with E-state index >= 15 is 0 Å². The number of hydrogen-bond donors (Lipinski definition) is 3. The van der Waals surface area contributed by atoms with Crippen LogP contribution < -0.4 is 21.3 Å². The van der Waals surface area contributed by atoms with Crippen molar-refractivity contribution in [2.24, 2.45) is 0 Å². The summed E-state index contributed by atoms with van der Waals surface area (Å²) < 4.78 is 0. The van der Waals surface area contributed by atoms with Gasteiger partial charge in [-0.15, -0.1) is 17.8 Å². The van der Waals surface area contributed by atoms with Crippen molar-refractivity contribution in [3.8, 4) is 12.3 Å². The molecule has 3 aliphatic rings. The first-order valence-corrected chi connectivity index (χ1v) is 16.8. The lowest BCUT2D eigenvalue weighted by Gasteiger charge is -2.39. The van der Waals surface area contributed by atoms with E-state index in [-0.39, 0.29) is 30.4 Å². The molecule has 240 valence electrons. The topological polar surface area (TPSA) is 127 Å². The van der Waals surface area contributed by atoms with Crippen molar-refractivity contribution in [2.45, 2.75) is 37.8 Å². The lowest BCUT2D eigenvalue weighted by molar-refractivity contribution is -0.133. The smallest absolute Gasteiger partial charge is 0.322 e. The first-order chi connectivity index (χ1) is 22.3. The third kappa shape index (κ3) is 6.85. The van der Waals surface area contributed by atoms with E-state index in [1.54, 1.807) is 45.7 Å². The summed E-state index contributed by atoms with van der Waals surface area (Å²) in [5.74, 6) is 2.39. The largest absolute Gasteiger partial charge is 0.397 e. The highest BCUT2D eigenvalue weighted by atomic mass is 35.5. The molecular formula is C33H37ClN8O3S. The van der Waals surface area contributed by atoms with Crippen molar-refractivity contribution in [2.75, 3.05) is 61.8 Å². The summed E-state index contributed by atoms with van der Waals surface area (Å²) in [5, 5.41) is 10.4. The van der Waals surface area contributed by atoms with Crippen LogP contribution in [0.15, 0.2) is 47.4 Å².